The van der Waals surface area contributed by atoms with Crippen LogP contribution in [0.5, 0.6) is 0 Å². The molecule has 0 saturated carbocycles. The van der Waals surface area contributed by atoms with Gasteiger partial charge in [0.05, 0.1) is 11.9 Å². The molecule has 2 rings (SSSR count). The van der Waals surface area contributed by atoms with Crippen LogP contribution in [0.25, 0.3) is 11.1 Å². The van der Waals surface area contributed by atoms with Crippen molar-refractivity contribution in [3.05, 3.63) is 35.9 Å². The molecule has 0 radical (unpaired) electrons. The first-order chi connectivity index (χ1) is 9.63. The molecule has 0 bridgehead atoms. The summed E-state index contributed by atoms with van der Waals surface area (Å²) in [6, 6.07) is 1.45. The molecule has 0 atom stereocenters. The van der Waals surface area contributed by atoms with Crippen molar-refractivity contribution in [3.63, 3.8) is 0 Å². The van der Waals surface area contributed by atoms with Crippen molar-refractivity contribution in [2.24, 2.45) is 0 Å². The first-order valence-corrected chi connectivity index (χ1v) is 5.64. The van der Waals surface area contributed by atoms with E-state index in [0.717, 1.165) is 18.5 Å². The van der Waals surface area contributed by atoms with Crippen molar-refractivity contribution in [2.45, 2.75) is 12.4 Å². The maximum absolute atomic E-state index is 12.6. The van der Waals surface area contributed by atoms with Gasteiger partial charge in [0.25, 0.3) is 0 Å². The van der Waals surface area contributed by atoms with Gasteiger partial charge in [-0.3, -0.25) is 0 Å². The quantitative estimate of drug-likeness (QED) is 0.818. The number of nitrogens with zero attached hydrogens (tertiary/aromatic N) is 1. The second kappa shape index (κ2) is 4.97. The van der Waals surface area contributed by atoms with Crippen molar-refractivity contribution in [3.8, 4) is 11.1 Å². The normalized spacial score (nSPS) is 12.5. The monoisotopic (exact) mass is 309 g/mol. The predicted octanol–water partition coefficient (Wildman–Crippen LogP) is 4.16. The van der Waals surface area contributed by atoms with Crippen LogP contribution in [0, 0.1) is 0 Å². The molecule has 0 saturated heterocycles. The fourth-order valence-corrected chi connectivity index (χ4v) is 1.76. The second-order valence-electron chi connectivity index (χ2n) is 4.16. The SMILES string of the molecule is CNc1cnc(C(F)(F)F)cc1-c1c[nH]c(C(F)(F)F)c1. The number of hydrogen-bond donors (Lipinski definition) is 2. The summed E-state index contributed by atoms with van der Waals surface area (Å²) in [5.41, 5.74) is -2.06. The number of nitrogens with one attached hydrogen (secondary N) is 2. The summed E-state index contributed by atoms with van der Waals surface area (Å²) in [6.45, 7) is 0. The number of H-pyrrole nitrogens is 1. The molecular weight excluding hydrogens is 300 g/mol. The van der Waals surface area contributed by atoms with Crippen LogP contribution in [0.2, 0.25) is 0 Å². The Hall–Kier alpha value is -2.19. The number of pyridine rings is 1. The van der Waals surface area contributed by atoms with Gasteiger partial charge in [0.2, 0.25) is 0 Å². The standard InChI is InChI=1S/C12H9F6N3/c1-19-8-5-21-10(12(16,17)18)3-7(8)6-2-9(20-4-6)11(13,14)15/h2-5,19-20H,1H3. The van der Waals surface area contributed by atoms with Crippen LogP contribution in [0.4, 0.5) is 32.0 Å². The molecule has 0 spiro atoms. The molecule has 21 heavy (non-hydrogen) atoms. The highest BCUT2D eigenvalue weighted by atomic mass is 19.4. The number of hydrogen-bond acceptors (Lipinski definition) is 2. The van der Waals surface area contributed by atoms with Crippen LogP contribution in [0.1, 0.15) is 11.4 Å². The van der Waals surface area contributed by atoms with Crippen LogP contribution >= 0.6 is 0 Å². The summed E-state index contributed by atoms with van der Waals surface area (Å²) >= 11 is 0. The molecule has 9 heteroatoms. The first kappa shape index (κ1) is 15.2. The molecule has 0 aliphatic carbocycles. The van der Waals surface area contributed by atoms with Crippen LogP contribution in [-0.2, 0) is 12.4 Å². The Kier molecular flexibility index (Phi) is 3.60. The van der Waals surface area contributed by atoms with E-state index in [0.29, 0.717) is 6.07 Å². The van der Waals surface area contributed by atoms with Gasteiger partial charge in [0.15, 0.2) is 0 Å². The molecule has 3 nitrogen and oxygen atoms in total. The number of anilines is 1. The van der Waals surface area contributed by atoms with E-state index in [1.807, 2.05) is 4.98 Å². The van der Waals surface area contributed by atoms with Gasteiger partial charge in [-0.2, -0.15) is 26.3 Å². The zero-order chi connectivity index (χ0) is 15.8. The molecule has 2 N–H and O–H groups in total. The third-order valence-corrected chi connectivity index (χ3v) is 2.76. The zero-order valence-corrected chi connectivity index (χ0v) is 10.5. The Morgan fingerprint density at radius 2 is 1.71 bits per heavy atom. The summed E-state index contributed by atoms with van der Waals surface area (Å²) in [4.78, 5) is 5.24. The smallest absolute Gasteiger partial charge is 0.386 e. The highest BCUT2D eigenvalue weighted by molar-refractivity contribution is 5.77. The minimum atomic E-state index is -4.68. The van der Waals surface area contributed by atoms with Gasteiger partial charge in [0.1, 0.15) is 11.4 Å². The predicted molar refractivity (Wildman–Crippen MR) is 63.6 cm³/mol. The highest BCUT2D eigenvalue weighted by Crippen LogP contribution is 2.37. The second-order valence-corrected chi connectivity index (χ2v) is 4.16. The third kappa shape index (κ3) is 3.11. The summed E-state index contributed by atoms with van der Waals surface area (Å²) in [5, 5.41) is 2.60. The van der Waals surface area contributed by atoms with Crippen LogP contribution in [0.3, 0.4) is 0 Å². The van der Waals surface area contributed by atoms with Crippen LogP contribution in [0.15, 0.2) is 24.5 Å². The van der Waals surface area contributed by atoms with Crippen LogP contribution in [-0.4, -0.2) is 17.0 Å². The lowest BCUT2D eigenvalue weighted by Crippen LogP contribution is -2.08. The number of halogens is 6. The summed E-state index contributed by atoms with van der Waals surface area (Å²) in [7, 11) is 1.44. The molecule has 0 amide bonds. The first-order valence-electron chi connectivity index (χ1n) is 5.64. The Balaban J connectivity index is 2.54. The summed E-state index contributed by atoms with van der Waals surface area (Å²) in [6.07, 6.45) is -7.35. The van der Waals surface area contributed by atoms with Gasteiger partial charge in [-0.05, 0) is 12.1 Å². The van der Waals surface area contributed by atoms with Gasteiger partial charge in [-0.15, -0.1) is 0 Å². The topological polar surface area (TPSA) is 40.7 Å². The van der Waals surface area contributed by atoms with Crippen molar-refractivity contribution in [2.75, 3.05) is 12.4 Å². The third-order valence-electron chi connectivity index (χ3n) is 2.76. The Labute approximate surface area is 115 Å². The fourth-order valence-electron chi connectivity index (χ4n) is 1.76. The number of alkyl halides is 6. The van der Waals surface area contributed by atoms with Crippen molar-refractivity contribution < 1.29 is 26.3 Å². The molecule has 114 valence electrons. The molecule has 0 aromatic carbocycles. The maximum Gasteiger partial charge on any atom is 0.433 e. The number of aromatic amines is 1. The van der Waals surface area contributed by atoms with E-state index in [1.165, 1.54) is 7.05 Å². The molecule has 2 aromatic heterocycles. The molecule has 0 unspecified atom stereocenters. The van der Waals surface area contributed by atoms with Crippen molar-refractivity contribution in [1.82, 2.24) is 9.97 Å². The lowest BCUT2D eigenvalue weighted by molar-refractivity contribution is -0.141. The van der Waals surface area contributed by atoms with Gasteiger partial charge in [-0.25, -0.2) is 4.98 Å². The van der Waals surface area contributed by atoms with Crippen LogP contribution < -0.4 is 5.32 Å². The van der Waals surface area contributed by atoms with E-state index < -0.39 is 23.7 Å². The molecule has 0 aliphatic heterocycles. The van der Waals surface area contributed by atoms with Crippen molar-refractivity contribution in [1.29, 1.82) is 0 Å². The molecule has 2 heterocycles. The number of rotatable bonds is 2. The van der Waals surface area contributed by atoms with E-state index in [1.54, 1.807) is 0 Å². The Bertz CT molecular complexity index is 641. The molecular formula is C12H9F6N3. The van der Waals surface area contributed by atoms with Gasteiger partial charge >= 0.3 is 12.4 Å². The average Bonchev–Trinajstić information content (AvgIpc) is 2.86. The average molecular weight is 309 g/mol. The van der Waals surface area contributed by atoms with E-state index in [2.05, 4.69) is 10.3 Å². The minimum Gasteiger partial charge on any atom is -0.386 e. The van der Waals surface area contributed by atoms with E-state index >= 15 is 0 Å². The zero-order valence-electron chi connectivity index (χ0n) is 10.5. The van der Waals surface area contributed by atoms with Gasteiger partial charge < -0.3 is 10.3 Å². The van der Waals surface area contributed by atoms with Gasteiger partial charge in [-0.1, -0.05) is 0 Å². The lowest BCUT2D eigenvalue weighted by atomic mass is 10.1. The van der Waals surface area contributed by atoms with E-state index in [9.17, 15) is 26.3 Å². The Morgan fingerprint density at radius 1 is 1.05 bits per heavy atom. The highest BCUT2D eigenvalue weighted by Gasteiger charge is 2.34. The molecule has 2 aromatic rings. The fraction of sp³-hybridized carbons (Fsp3) is 0.250. The molecule has 0 aliphatic rings. The van der Waals surface area contributed by atoms with E-state index in [4.69, 9.17) is 0 Å². The minimum absolute atomic E-state index is 0.0143. The Morgan fingerprint density at radius 3 is 2.19 bits per heavy atom. The maximum atomic E-state index is 12.6. The molecule has 0 fully saturated rings. The summed E-state index contributed by atoms with van der Waals surface area (Å²) in [5.74, 6) is 0. The summed E-state index contributed by atoms with van der Waals surface area (Å²) < 4.78 is 75.5. The number of aromatic nitrogens is 2. The van der Waals surface area contributed by atoms with Crippen molar-refractivity contribution >= 4 is 5.69 Å². The van der Waals surface area contributed by atoms with E-state index in [-0.39, 0.29) is 16.8 Å². The largest absolute Gasteiger partial charge is 0.433 e. The van der Waals surface area contributed by atoms with Gasteiger partial charge in [0, 0.05) is 24.4 Å². The lowest BCUT2D eigenvalue weighted by Gasteiger charge is -2.11.